The first-order valence-electron chi connectivity index (χ1n) is 5.88. The van der Waals surface area contributed by atoms with Crippen LogP contribution in [0.4, 0.5) is 4.79 Å². The zero-order valence-electron chi connectivity index (χ0n) is 10.3. The van der Waals surface area contributed by atoms with Crippen molar-refractivity contribution in [1.82, 2.24) is 10.6 Å². The Balaban J connectivity index is 2.23. The molecule has 3 N–H and O–H groups in total. The predicted molar refractivity (Wildman–Crippen MR) is 68.4 cm³/mol. The highest BCUT2D eigenvalue weighted by molar-refractivity contribution is 5.79. The number of amides is 2. The lowest BCUT2D eigenvalue weighted by molar-refractivity contribution is -0.135. The molecular formula is C13H18N2O3. The number of rotatable bonds is 6. The van der Waals surface area contributed by atoms with E-state index in [1.807, 2.05) is 37.3 Å². The smallest absolute Gasteiger partial charge is 0.323 e. The second-order valence-electron chi connectivity index (χ2n) is 4.15. The molecule has 0 spiro atoms. The highest BCUT2D eigenvalue weighted by atomic mass is 16.4. The number of nitrogens with one attached hydrogen (secondary N) is 2. The van der Waals surface area contributed by atoms with E-state index < -0.39 is 12.0 Å². The first-order chi connectivity index (χ1) is 8.58. The first-order valence-corrected chi connectivity index (χ1v) is 5.88. The minimum absolute atomic E-state index is 0.000925. The number of carbonyl (C=O) groups is 2. The van der Waals surface area contributed by atoms with E-state index in [1.54, 1.807) is 0 Å². The molecule has 1 aromatic carbocycles. The molecule has 0 radical (unpaired) electrons. The van der Waals surface area contributed by atoms with Gasteiger partial charge in [0.15, 0.2) is 0 Å². The second kappa shape index (κ2) is 7.32. The fourth-order valence-electron chi connectivity index (χ4n) is 1.53. The van der Waals surface area contributed by atoms with Crippen molar-refractivity contribution in [2.75, 3.05) is 6.54 Å². The summed E-state index contributed by atoms with van der Waals surface area (Å²) < 4.78 is 0. The molecule has 18 heavy (non-hydrogen) atoms. The van der Waals surface area contributed by atoms with E-state index in [4.69, 9.17) is 5.11 Å². The van der Waals surface area contributed by atoms with Gasteiger partial charge in [-0.25, -0.2) is 4.79 Å². The summed E-state index contributed by atoms with van der Waals surface area (Å²) in [5.41, 5.74) is 1.22. The van der Waals surface area contributed by atoms with Crippen molar-refractivity contribution in [1.29, 1.82) is 0 Å². The normalized spacial score (nSPS) is 11.6. The molecule has 0 aliphatic rings. The molecule has 0 aromatic heterocycles. The molecule has 0 heterocycles. The van der Waals surface area contributed by atoms with Gasteiger partial charge in [-0.1, -0.05) is 30.3 Å². The third-order valence-corrected chi connectivity index (χ3v) is 2.49. The van der Waals surface area contributed by atoms with Crippen LogP contribution in [-0.2, 0) is 11.2 Å². The Hall–Kier alpha value is -2.04. The quantitative estimate of drug-likeness (QED) is 0.714. The maximum Gasteiger partial charge on any atom is 0.323 e. The number of carboxylic acids is 1. The third kappa shape index (κ3) is 5.89. The largest absolute Gasteiger partial charge is 0.480 e. The van der Waals surface area contributed by atoms with Gasteiger partial charge in [0.2, 0.25) is 0 Å². The number of benzene rings is 1. The molecule has 2 amide bonds. The van der Waals surface area contributed by atoms with Crippen molar-refractivity contribution in [3.8, 4) is 0 Å². The molecule has 0 fully saturated rings. The van der Waals surface area contributed by atoms with Crippen LogP contribution in [0, 0.1) is 0 Å². The summed E-state index contributed by atoms with van der Waals surface area (Å²) in [6.07, 6.45) is 1.69. The van der Waals surface area contributed by atoms with Crippen LogP contribution in [0.2, 0.25) is 0 Å². The Morgan fingerprint density at radius 2 is 1.94 bits per heavy atom. The first kappa shape index (κ1) is 14.0. The van der Waals surface area contributed by atoms with Crippen LogP contribution >= 0.6 is 0 Å². The lowest BCUT2D eigenvalue weighted by Crippen LogP contribution is -2.42. The van der Waals surface area contributed by atoms with Gasteiger partial charge in [-0.15, -0.1) is 0 Å². The minimum atomic E-state index is -1.05. The number of carboxylic acid groups (broad SMARTS) is 1. The van der Waals surface area contributed by atoms with E-state index in [2.05, 4.69) is 10.6 Å². The Morgan fingerprint density at radius 3 is 2.56 bits per heavy atom. The standard InChI is InChI=1S/C13H18N2O3/c1-10(15-13(18)14-9-12(16)17)7-8-11-5-3-2-4-6-11/h2-6,10H,7-9H2,1H3,(H,16,17)(H2,14,15,18). The second-order valence-corrected chi connectivity index (χ2v) is 4.15. The van der Waals surface area contributed by atoms with Gasteiger partial charge in [0, 0.05) is 6.04 Å². The number of carbonyl (C=O) groups excluding carboxylic acids is 1. The average Bonchev–Trinajstić information content (AvgIpc) is 2.35. The lowest BCUT2D eigenvalue weighted by Gasteiger charge is -2.14. The number of aliphatic carboxylic acids is 1. The van der Waals surface area contributed by atoms with E-state index in [9.17, 15) is 9.59 Å². The number of urea groups is 1. The summed E-state index contributed by atoms with van der Waals surface area (Å²) in [4.78, 5) is 21.5. The van der Waals surface area contributed by atoms with Gasteiger partial charge in [0.1, 0.15) is 6.54 Å². The van der Waals surface area contributed by atoms with Crippen molar-refractivity contribution in [3.05, 3.63) is 35.9 Å². The van der Waals surface area contributed by atoms with Crippen molar-refractivity contribution in [2.45, 2.75) is 25.8 Å². The SMILES string of the molecule is CC(CCc1ccccc1)NC(=O)NCC(=O)O. The summed E-state index contributed by atoms with van der Waals surface area (Å²) in [7, 11) is 0. The van der Waals surface area contributed by atoms with Gasteiger partial charge >= 0.3 is 12.0 Å². The van der Waals surface area contributed by atoms with Gasteiger partial charge in [-0.3, -0.25) is 4.79 Å². The average molecular weight is 250 g/mol. The molecule has 5 heteroatoms. The van der Waals surface area contributed by atoms with E-state index in [0.29, 0.717) is 0 Å². The minimum Gasteiger partial charge on any atom is -0.480 e. The van der Waals surface area contributed by atoms with Crippen LogP contribution in [0.5, 0.6) is 0 Å². The van der Waals surface area contributed by atoms with Crippen molar-refractivity contribution in [2.24, 2.45) is 0 Å². The van der Waals surface area contributed by atoms with Crippen LogP contribution in [0.3, 0.4) is 0 Å². The van der Waals surface area contributed by atoms with Crippen LogP contribution in [0.1, 0.15) is 18.9 Å². The molecule has 0 bridgehead atoms. The third-order valence-electron chi connectivity index (χ3n) is 2.49. The molecule has 5 nitrogen and oxygen atoms in total. The molecule has 0 saturated heterocycles. The molecule has 0 aliphatic heterocycles. The Bertz CT molecular complexity index is 392. The summed E-state index contributed by atoms with van der Waals surface area (Å²) in [5, 5.41) is 13.4. The molecule has 1 aromatic rings. The highest BCUT2D eigenvalue weighted by Crippen LogP contribution is 2.04. The fourth-order valence-corrected chi connectivity index (χ4v) is 1.53. The van der Waals surface area contributed by atoms with Crippen LogP contribution in [0.15, 0.2) is 30.3 Å². The molecule has 98 valence electrons. The zero-order valence-corrected chi connectivity index (χ0v) is 10.3. The van der Waals surface area contributed by atoms with Gasteiger partial charge in [-0.2, -0.15) is 0 Å². The summed E-state index contributed by atoms with van der Waals surface area (Å²) >= 11 is 0. The summed E-state index contributed by atoms with van der Waals surface area (Å²) in [5.74, 6) is -1.05. The number of aryl methyl sites for hydroxylation is 1. The van der Waals surface area contributed by atoms with E-state index in [0.717, 1.165) is 12.8 Å². The maximum absolute atomic E-state index is 11.3. The van der Waals surface area contributed by atoms with Gasteiger partial charge in [-0.05, 0) is 25.3 Å². The Morgan fingerprint density at radius 1 is 1.28 bits per heavy atom. The predicted octanol–water partition coefficient (Wildman–Crippen LogP) is 1.39. The van der Waals surface area contributed by atoms with E-state index in [-0.39, 0.29) is 12.6 Å². The molecule has 0 aliphatic carbocycles. The van der Waals surface area contributed by atoms with Crippen LogP contribution in [0.25, 0.3) is 0 Å². The van der Waals surface area contributed by atoms with Crippen molar-refractivity contribution < 1.29 is 14.7 Å². The van der Waals surface area contributed by atoms with Gasteiger partial charge in [0.05, 0.1) is 0 Å². The molecule has 1 rings (SSSR count). The molecule has 1 unspecified atom stereocenters. The lowest BCUT2D eigenvalue weighted by atomic mass is 10.1. The summed E-state index contributed by atoms with van der Waals surface area (Å²) in [6.45, 7) is 1.53. The highest BCUT2D eigenvalue weighted by Gasteiger charge is 2.08. The molecule has 1 atom stereocenters. The van der Waals surface area contributed by atoms with Crippen molar-refractivity contribution in [3.63, 3.8) is 0 Å². The zero-order chi connectivity index (χ0) is 13.4. The van der Waals surface area contributed by atoms with Gasteiger partial charge < -0.3 is 15.7 Å². The van der Waals surface area contributed by atoms with Crippen LogP contribution < -0.4 is 10.6 Å². The summed E-state index contributed by atoms with van der Waals surface area (Å²) in [6, 6.07) is 9.55. The molecular weight excluding hydrogens is 232 g/mol. The van der Waals surface area contributed by atoms with E-state index in [1.165, 1.54) is 5.56 Å². The van der Waals surface area contributed by atoms with Crippen molar-refractivity contribution >= 4 is 12.0 Å². The Labute approximate surface area is 106 Å². The Kier molecular flexibility index (Phi) is 5.70. The topological polar surface area (TPSA) is 78.4 Å². The van der Waals surface area contributed by atoms with E-state index >= 15 is 0 Å². The maximum atomic E-state index is 11.3. The number of hydrogen-bond acceptors (Lipinski definition) is 2. The number of hydrogen-bond donors (Lipinski definition) is 3. The fraction of sp³-hybridized carbons (Fsp3) is 0.385. The van der Waals surface area contributed by atoms with Crippen LogP contribution in [-0.4, -0.2) is 29.7 Å². The monoisotopic (exact) mass is 250 g/mol. The van der Waals surface area contributed by atoms with Gasteiger partial charge in [0.25, 0.3) is 0 Å². The molecule has 0 saturated carbocycles.